The standard InChI is InChI=1S/C27H41NO2/c1-5-28(6-2)15-16-30-18-19(3)25-11-12-26-24-9-7-20-17-21(29)8-10-22(20)23(24)13-14-27(25,26)4/h8,10,17,23-24,26,29H,5-7,9,11-16,18H2,1-4H3/b25-19-/t23-,24-,26+,27-/m1/s1. The van der Waals surface area contributed by atoms with Crippen molar-refractivity contribution in [2.75, 3.05) is 32.8 Å². The summed E-state index contributed by atoms with van der Waals surface area (Å²) < 4.78 is 6.11. The van der Waals surface area contributed by atoms with Crippen molar-refractivity contribution in [3.63, 3.8) is 0 Å². The fraction of sp³-hybridized carbons (Fsp3) is 0.704. The van der Waals surface area contributed by atoms with Gasteiger partial charge in [0.15, 0.2) is 0 Å². The second kappa shape index (κ2) is 9.04. The smallest absolute Gasteiger partial charge is 0.115 e. The molecule has 1 aromatic carbocycles. The Bertz CT molecular complexity index is 781. The van der Waals surface area contributed by atoms with E-state index in [0.717, 1.165) is 51.1 Å². The molecule has 166 valence electrons. The van der Waals surface area contributed by atoms with Gasteiger partial charge in [0.1, 0.15) is 5.75 Å². The summed E-state index contributed by atoms with van der Waals surface area (Å²) in [6, 6.07) is 6.12. The molecule has 0 bridgehead atoms. The van der Waals surface area contributed by atoms with Crippen molar-refractivity contribution in [3.8, 4) is 5.75 Å². The summed E-state index contributed by atoms with van der Waals surface area (Å²) in [4.78, 5) is 2.43. The molecule has 0 unspecified atom stereocenters. The van der Waals surface area contributed by atoms with Crippen molar-refractivity contribution >= 4 is 0 Å². The summed E-state index contributed by atoms with van der Waals surface area (Å²) in [5, 5.41) is 9.90. The molecule has 2 saturated carbocycles. The maximum Gasteiger partial charge on any atom is 0.115 e. The van der Waals surface area contributed by atoms with Crippen LogP contribution in [-0.2, 0) is 11.2 Å². The molecule has 1 N–H and O–H groups in total. The van der Waals surface area contributed by atoms with Gasteiger partial charge in [-0.15, -0.1) is 0 Å². The van der Waals surface area contributed by atoms with E-state index in [2.05, 4.69) is 38.7 Å². The van der Waals surface area contributed by atoms with Crippen LogP contribution in [0.5, 0.6) is 5.75 Å². The minimum atomic E-state index is 0.363. The number of ether oxygens (including phenoxy) is 1. The molecule has 0 amide bonds. The Morgan fingerprint density at radius 3 is 2.73 bits per heavy atom. The van der Waals surface area contributed by atoms with Crippen LogP contribution in [0.2, 0.25) is 0 Å². The Hall–Kier alpha value is -1.32. The Morgan fingerprint density at radius 1 is 1.17 bits per heavy atom. The number of hydrogen-bond donors (Lipinski definition) is 1. The van der Waals surface area contributed by atoms with Crippen molar-refractivity contribution in [1.29, 1.82) is 0 Å². The molecular weight excluding hydrogens is 370 g/mol. The predicted molar refractivity (Wildman–Crippen MR) is 124 cm³/mol. The fourth-order valence-electron chi connectivity index (χ4n) is 7.13. The van der Waals surface area contributed by atoms with Gasteiger partial charge in [-0.3, -0.25) is 0 Å². The first-order valence-electron chi connectivity index (χ1n) is 12.3. The number of allylic oxidation sites excluding steroid dienone is 1. The second-order valence-electron chi connectivity index (χ2n) is 10.1. The van der Waals surface area contributed by atoms with E-state index in [1.807, 2.05) is 12.1 Å². The number of hydrogen-bond acceptors (Lipinski definition) is 3. The van der Waals surface area contributed by atoms with Crippen LogP contribution < -0.4 is 0 Å². The van der Waals surface area contributed by atoms with Crippen LogP contribution in [0.3, 0.4) is 0 Å². The van der Waals surface area contributed by atoms with Gasteiger partial charge < -0.3 is 14.7 Å². The van der Waals surface area contributed by atoms with Gasteiger partial charge in [-0.1, -0.05) is 32.4 Å². The van der Waals surface area contributed by atoms with Gasteiger partial charge >= 0.3 is 0 Å². The molecule has 0 aliphatic heterocycles. The minimum Gasteiger partial charge on any atom is -0.508 e. The van der Waals surface area contributed by atoms with E-state index in [0.29, 0.717) is 17.1 Å². The summed E-state index contributed by atoms with van der Waals surface area (Å²) in [6.07, 6.45) is 7.60. The molecule has 0 heterocycles. The first-order chi connectivity index (χ1) is 14.5. The highest BCUT2D eigenvalue weighted by molar-refractivity contribution is 5.41. The second-order valence-corrected chi connectivity index (χ2v) is 10.1. The highest BCUT2D eigenvalue weighted by Crippen LogP contribution is 2.63. The average molecular weight is 412 g/mol. The molecule has 0 saturated heterocycles. The Labute approximate surface area is 183 Å². The van der Waals surface area contributed by atoms with Crippen LogP contribution >= 0.6 is 0 Å². The highest BCUT2D eigenvalue weighted by Gasteiger charge is 2.52. The molecule has 30 heavy (non-hydrogen) atoms. The number of benzene rings is 1. The zero-order valence-corrected chi connectivity index (χ0v) is 19.5. The Morgan fingerprint density at radius 2 is 1.97 bits per heavy atom. The van der Waals surface area contributed by atoms with Crippen LogP contribution in [0.4, 0.5) is 0 Å². The number of phenols is 1. The molecule has 3 aliphatic rings. The van der Waals surface area contributed by atoms with E-state index >= 15 is 0 Å². The van der Waals surface area contributed by atoms with E-state index in [9.17, 15) is 5.11 Å². The van der Waals surface area contributed by atoms with E-state index in [4.69, 9.17) is 4.74 Å². The molecule has 0 radical (unpaired) electrons. The van der Waals surface area contributed by atoms with Gasteiger partial charge in [-0.2, -0.15) is 0 Å². The minimum absolute atomic E-state index is 0.363. The molecule has 2 fully saturated rings. The van der Waals surface area contributed by atoms with Gasteiger partial charge in [0.2, 0.25) is 0 Å². The third-order valence-corrected chi connectivity index (χ3v) is 8.77. The van der Waals surface area contributed by atoms with Crippen LogP contribution in [0.15, 0.2) is 29.3 Å². The summed E-state index contributed by atoms with van der Waals surface area (Å²) in [5.41, 5.74) is 6.50. The van der Waals surface area contributed by atoms with Crippen molar-refractivity contribution in [2.45, 2.75) is 72.1 Å². The molecular formula is C27H41NO2. The van der Waals surface area contributed by atoms with Gasteiger partial charge in [-0.05, 0) is 111 Å². The molecule has 0 spiro atoms. The van der Waals surface area contributed by atoms with E-state index < -0.39 is 0 Å². The van der Waals surface area contributed by atoms with Crippen LogP contribution in [0.25, 0.3) is 0 Å². The first-order valence-corrected chi connectivity index (χ1v) is 12.3. The van der Waals surface area contributed by atoms with E-state index in [1.165, 1.54) is 48.8 Å². The van der Waals surface area contributed by atoms with E-state index in [-0.39, 0.29) is 0 Å². The average Bonchev–Trinajstić information content (AvgIpc) is 3.10. The van der Waals surface area contributed by atoms with Gasteiger partial charge in [0.05, 0.1) is 13.2 Å². The third kappa shape index (κ3) is 3.96. The lowest BCUT2D eigenvalue weighted by molar-refractivity contribution is 0.0789. The molecule has 3 nitrogen and oxygen atoms in total. The lowest BCUT2D eigenvalue weighted by Gasteiger charge is -2.50. The Kier molecular flexibility index (Phi) is 6.60. The first kappa shape index (κ1) is 21.9. The van der Waals surface area contributed by atoms with Crippen molar-refractivity contribution in [2.24, 2.45) is 17.3 Å². The normalized spacial score (nSPS) is 32.0. The highest BCUT2D eigenvalue weighted by atomic mass is 16.5. The number of aromatic hydroxyl groups is 1. The summed E-state index contributed by atoms with van der Waals surface area (Å²) in [7, 11) is 0. The summed E-state index contributed by atoms with van der Waals surface area (Å²) >= 11 is 0. The molecule has 4 atom stereocenters. The maximum atomic E-state index is 9.90. The largest absolute Gasteiger partial charge is 0.508 e. The molecule has 3 aliphatic carbocycles. The molecule has 1 aromatic rings. The van der Waals surface area contributed by atoms with Gasteiger partial charge in [-0.25, -0.2) is 0 Å². The monoisotopic (exact) mass is 411 g/mol. The third-order valence-electron chi connectivity index (χ3n) is 8.77. The van der Waals surface area contributed by atoms with Crippen molar-refractivity contribution in [3.05, 3.63) is 40.5 Å². The number of rotatable bonds is 7. The number of phenolic OH excluding ortho intramolecular Hbond substituents is 1. The molecule has 4 rings (SSSR count). The van der Waals surface area contributed by atoms with Gasteiger partial charge in [0, 0.05) is 6.54 Å². The van der Waals surface area contributed by atoms with Crippen LogP contribution in [-0.4, -0.2) is 42.9 Å². The van der Waals surface area contributed by atoms with Crippen LogP contribution in [0.1, 0.15) is 76.8 Å². The summed E-state index contributed by atoms with van der Waals surface area (Å²) in [5.74, 6) is 2.72. The number of fused-ring (bicyclic) bond motifs is 5. The molecule has 3 heteroatoms. The lowest BCUT2D eigenvalue weighted by atomic mass is 9.55. The van der Waals surface area contributed by atoms with Crippen molar-refractivity contribution in [1.82, 2.24) is 4.90 Å². The number of nitrogens with zero attached hydrogens (tertiary/aromatic N) is 1. The zero-order chi connectivity index (χ0) is 21.3. The quantitative estimate of drug-likeness (QED) is 0.446. The topological polar surface area (TPSA) is 32.7 Å². The SMILES string of the molecule is CCN(CC)CCOC/C(C)=C1/CC[C@H]2[C@@H]3CCc4cc(O)ccc4[C@H]3CC[C@]12C. The molecule has 0 aromatic heterocycles. The number of aryl methyl sites for hydroxylation is 1. The van der Waals surface area contributed by atoms with Crippen molar-refractivity contribution < 1.29 is 9.84 Å². The Balaban J connectivity index is 1.44. The lowest BCUT2D eigenvalue weighted by Crippen LogP contribution is -2.40. The number of likely N-dealkylation sites (N-methyl/N-ethyl adjacent to an activating group) is 1. The zero-order valence-electron chi connectivity index (χ0n) is 19.5. The summed E-state index contributed by atoms with van der Waals surface area (Å²) in [6.45, 7) is 14.2. The maximum absolute atomic E-state index is 9.90. The van der Waals surface area contributed by atoms with Crippen LogP contribution in [0, 0.1) is 17.3 Å². The predicted octanol–water partition coefficient (Wildman–Crippen LogP) is 5.92. The fourth-order valence-corrected chi connectivity index (χ4v) is 7.13. The van der Waals surface area contributed by atoms with Gasteiger partial charge in [0.25, 0.3) is 0 Å². The van der Waals surface area contributed by atoms with E-state index in [1.54, 1.807) is 5.57 Å².